The van der Waals surface area contributed by atoms with Gasteiger partial charge in [0.05, 0.1) is 12.1 Å². The number of aliphatic hydroxyl groups is 1. The van der Waals surface area contributed by atoms with Crippen LogP contribution in [0, 0.1) is 0 Å². The predicted octanol–water partition coefficient (Wildman–Crippen LogP) is 1.03. The van der Waals surface area contributed by atoms with Crippen LogP contribution >= 0.6 is 0 Å². The predicted molar refractivity (Wildman–Crippen MR) is 97.9 cm³/mol. The summed E-state index contributed by atoms with van der Waals surface area (Å²) in [4.78, 5) is 36.2. The molecule has 0 saturated carbocycles. The van der Waals surface area contributed by atoms with E-state index >= 15 is 0 Å². The van der Waals surface area contributed by atoms with Crippen LogP contribution in [0.3, 0.4) is 0 Å². The molecule has 0 aliphatic carbocycles. The molecule has 3 atom stereocenters. The third-order valence-electron chi connectivity index (χ3n) is 4.10. The number of nitrogens with one attached hydrogen (secondary N) is 2. The molecule has 0 aliphatic rings. The maximum absolute atomic E-state index is 12.4. The van der Waals surface area contributed by atoms with Crippen molar-refractivity contribution in [3.8, 4) is 0 Å². The highest BCUT2D eigenvalue weighted by Gasteiger charge is 2.28. The zero-order valence-electron chi connectivity index (χ0n) is 15.8. The number of ketones is 1. The molecule has 0 saturated heterocycles. The maximum Gasteiger partial charge on any atom is 0.245 e. The Labute approximate surface area is 151 Å². The Balaban J connectivity index is 4.57. The summed E-state index contributed by atoms with van der Waals surface area (Å²) in [6, 6.07) is -1.76. The fraction of sp³-hybridized carbons (Fsp3) is 0.833. The number of Topliss-reactive ketones (excluding diaryl/α,β-unsaturated/α-hetero) is 1. The summed E-state index contributed by atoms with van der Waals surface area (Å²) in [5.74, 6) is -0.949. The Kier molecular flexibility index (Phi) is 13.0. The zero-order valence-corrected chi connectivity index (χ0v) is 15.8. The van der Waals surface area contributed by atoms with Crippen LogP contribution in [0.1, 0.15) is 72.1 Å². The highest BCUT2D eigenvalue weighted by atomic mass is 16.3. The van der Waals surface area contributed by atoms with Crippen molar-refractivity contribution in [2.75, 3.05) is 6.54 Å². The summed E-state index contributed by atoms with van der Waals surface area (Å²) in [5.41, 5.74) is 5.48. The second-order valence-corrected chi connectivity index (χ2v) is 6.41. The molecule has 0 bridgehead atoms. The van der Waals surface area contributed by atoms with Crippen molar-refractivity contribution < 1.29 is 19.5 Å². The second-order valence-electron chi connectivity index (χ2n) is 6.41. The van der Waals surface area contributed by atoms with Crippen LogP contribution < -0.4 is 16.4 Å². The zero-order chi connectivity index (χ0) is 19.2. The lowest BCUT2D eigenvalue weighted by Gasteiger charge is -2.24. The van der Waals surface area contributed by atoms with Gasteiger partial charge in [0.25, 0.3) is 0 Å². The van der Waals surface area contributed by atoms with Crippen LogP contribution in [-0.4, -0.2) is 47.4 Å². The maximum atomic E-state index is 12.4. The Hall–Kier alpha value is -1.47. The van der Waals surface area contributed by atoms with Gasteiger partial charge in [-0.15, -0.1) is 0 Å². The fourth-order valence-electron chi connectivity index (χ4n) is 2.53. The number of amides is 2. The van der Waals surface area contributed by atoms with Crippen LogP contribution in [0.25, 0.3) is 0 Å². The van der Waals surface area contributed by atoms with Gasteiger partial charge in [0.2, 0.25) is 11.8 Å². The normalized spacial score (nSPS) is 14.4. The number of nitrogens with two attached hydrogens (primary N) is 1. The SMILES string of the molecule is CCCCCCCC(=O)N[C@H](C(=O)N[C@@H](CCN)C(=O)CC)C(C)O. The van der Waals surface area contributed by atoms with Crippen molar-refractivity contribution in [2.45, 2.75) is 90.3 Å². The molecular formula is C18H35N3O4. The van der Waals surface area contributed by atoms with Gasteiger partial charge in [0.15, 0.2) is 5.78 Å². The van der Waals surface area contributed by atoms with Crippen molar-refractivity contribution in [3.63, 3.8) is 0 Å². The van der Waals surface area contributed by atoms with Gasteiger partial charge in [-0.1, -0.05) is 39.5 Å². The van der Waals surface area contributed by atoms with Gasteiger partial charge in [-0.2, -0.15) is 0 Å². The van der Waals surface area contributed by atoms with E-state index in [2.05, 4.69) is 17.6 Å². The lowest BCUT2D eigenvalue weighted by atomic mass is 10.0. The molecule has 0 rings (SSSR count). The third-order valence-corrected chi connectivity index (χ3v) is 4.10. The first kappa shape index (κ1) is 23.5. The van der Waals surface area contributed by atoms with Gasteiger partial charge in [0, 0.05) is 12.8 Å². The van der Waals surface area contributed by atoms with E-state index in [1.807, 2.05) is 0 Å². The molecule has 25 heavy (non-hydrogen) atoms. The summed E-state index contributed by atoms with van der Waals surface area (Å²) >= 11 is 0. The topological polar surface area (TPSA) is 122 Å². The van der Waals surface area contributed by atoms with E-state index in [9.17, 15) is 19.5 Å². The second kappa shape index (κ2) is 13.8. The molecule has 7 heteroatoms. The largest absolute Gasteiger partial charge is 0.391 e. The van der Waals surface area contributed by atoms with Gasteiger partial charge >= 0.3 is 0 Å². The summed E-state index contributed by atoms with van der Waals surface area (Å²) < 4.78 is 0. The minimum absolute atomic E-state index is 0.120. The first-order chi connectivity index (χ1) is 11.9. The monoisotopic (exact) mass is 357 g/mol. The van der Waals surface area contributed by atoms with E-state index in [0.29, 0.717) is 12.8 Å². The number of unbranched alkanes of at least 4 members (excludes halogenated alkanes) is 4. The van der Waals surface area contributed by atoms with Crippen LogP contribution in [0.2, 0.25) is 0 Å². The molecule has 0 aromatic carbocycles. The van der Waals surface area contributed by atoms with E-state index in [4.69, 9.17) is 5.73 Å². The lowest BCUT2D eigenvalue weighted by molar-refractivity contribution is -0.133. The van der Waals surface area contributed by atoms with E-state index in [1.54, 1.807) is 6.92 Å². The van der Waals surface area contributed by atoms with Gasteiger partial charge in [-0.25, -0.2) is 0 Å². The molecular weight excluding hydrogens is 322 g/mol. The Morgan fingerprint density at radius 3 is 2.20 bits per heavy atom. The Morgan fingerprint density at radius 1 is 1.04 bits per heavy atom. The Morgan fingerprint density at radius 2 is 1.68 bits per heavy atom. The molecule has 2 amide bonds. The van der Waals surface area contributed by atoms with Gasteiger partial charge < -0.3 is 21.5 Å². The van der Waals surface area contributed by atoms with Crippen molar-refractivity contribution in [2.24, 2.45) is 5.73 Å². The highest BCUT2D eigenvalue weighted by molar-refractivity contribution is 5.93. The summed E-state index contributed by atoms with van der Waals surface area (Å²) in [6.45, 7) is 5.54. The third kappa shape index (κ3) is 10.2. The van der Waals surface area contributed by atoms with Crippen LogP contribution in [0.15, 0.2) is 0 Å². The average Bonchev–Trinajstić information content (AvgIpc) is 2.57. The molecule has 0 aromatic rings. The van der Waals surface area contributed by atoms with Crippen LogP contribution in [-0.2, 0) is 14.4 Å². The molecule has 0 aromatic heterocycles. The van der Waals surface area contributed by atoms with E-state index in [-0.39, 0.29) is 24.7 Å². The van der Waals surface area contributed by atoms with E-state index in [0.717, 1.165) is 32.1 Å². The van der Waals surface area contributed by atoms with E-state index in [1.165, 1.54) is 6.92 Å². The number of hydrogen-bond acceptors (Lipinski definition) is 5. The molecule has 1 unspecified atom stereocenters. The van der Waals surface area contributed by atoms with Gasteiger partial charge in [0.1, 0.15) is 6.04 Å². The molecule has 0 fully saturated rings. The number of carbonyl (C=O) groups excluding carboxylic acids is 3. The van der Waals surface area contributed by atoms with Crippen LogP contribution in [0.5, 0.6) is 0 Å². The average molecular weight is 357 g/mol. The van der Waals surface area contributed by atoms with Crippen molar-refractivity contribution >= 4 is 17.6 Å². The van der Waals surface area contributed by atoms with Crippen molar-refractivity contribution in [3.05, 3.63) is 0 Å². The quantitative estimate of drug-likeness (QED) is 0.346. The summed E-state index contributed by atoms with van der Waals surface area (Å²) in [5, 5.41) is 15.0. The molecule has 0 aliphatic heterocycles. The Bertz CT molecular complexity index is 413. The number of aliphatic hydroxyl groups excluding tert-OH is 1. The molecule has 5 N–H and O–H groups in total. The van der Waals surface area contributed by atoms with Crippen molar-refractivity contribution in [1.29, 1.82) is 0 Å². The number of rotatable bonds is 14. The first-order valence-electron chi connectivity index (χ1n) is 9.37. The first-order valence-corrected chi connectivity index (χ1v) is 9.37. The van der Waals surface area contributed by atoms with Crippen LogP contribution in [0.4, 0.5) is 0 Å². The summed E-state index contributed by atoms with van der Waals surface area (Å²) in [7, 11) is 0. The molecule has 7 nitrogen and oxygen atoms in total. The number of carbonyl (C=O) groups is 3. The standard InChI is InChI=1S/C18H35N3O4/c1-4-6-7-8-9-10-16(24)21-17(13(3)22)18(25)20-14(11-12-19)15(23)5-2/h13-14,17,22H,4-12,19H2,1-3H3,(H,20,25)(H,21,24)/t13?,14-,17-/m0/s1. The fourth-order valence-corrected chi connectivity index (χ4v) is 2.53. The van der Waals surface area contributed by atoms with Crippen molar-refractivity contribution in [1.82, 2.24) is 10.6 Å². The van der Waals surface area contributed by atoms with E-state index < -0.39 is 24.1 Å². The molecule has 0 spiro atoms. The highest BCUT2D eigenvalue weighted by Crippen LogP contribution is 2.06. The lowest BCUT2D eigenvalue weighted by Crippen LogP contribution is -2.55. The minimum atomic E-state index is -1.08. The number of hydrogen-bond donors (Lipinski definition) is 4. The minimum Gasteiger partial charge on any atom is -0.391 e. The molecule has 0 heterocycles. The molecule has 146 valence electrons. The smallest absolute Gasteiger partial charge is 0.245 e. The molecule has 0 radical (unpaired) electrons. The summed E-state index contributed by atoms with van der Waals surface area (Å²) in [6.07, 6.45) is 4.97. The van der Waals surface area contributed by atoms with Gasteiger partial charge in [-0.05, 0) is 26.3 Å². The van der Waals surface area contributed by atoms with Gasteiger partial charge in [-0.3, -0.25) is 14.4 Å².